The molecule has 0 radical (unpaired) electrons. The summed E-state index contributed by atoms with van der Waals surface area (Å²) in [5.74, 6) is 0. The van der Waals surface area contributed by atoms with Gasteiger partial charge in [-0.2, -0.15) is 0 Å². The van der Waals surface area contributed by atoms with Crippen LogP contribution in [0.3, 0.4) is 0 Å². The Labute approximate surface area is 424 Å². The van der Waals surface area contributed by atoms with E-state index in [2.05, 4.69) is 293 Å². The number of anilines is 3. The van der Waals surface area contributed by atoms with E-state index in [-0.39, 0.29) is 10.8 Å². The molecule has 2 aliphatic carbocycles. The molecule has 0 heterocycles. The highest BCUT2D eigenvalue weighted by Crippen LogP contribution is 2.54. The molecule has 0 saturated carbocycles. The van der Waals surface area contributed by atoms with Gasteiger partial charge in [-0.3, -0.25) is 0 Å². The molecule has 0 aromatic heterocycles. The summed E-state index contributed by atoms with van der Waals surface area (Å²) >= 11 is 0. The fourth-order valence-electron chi connectivity index (χ4n) is 12.7. The molecule has 72 heavy (non-hydrogen) atoms. The minimum absolute atomic E-state index is 0.0903. The fraction of sp³-hybridized carbons (Fsp3) is 0.0986. The summed E-state index contributed by atoms with van der Waals surface area (Å²) in [6.07, 6.45) is 0. The predicted octanol–water partition coefficient (Wildman–Crippen LogP) is 18.6. The van der Waals surface area contributed by atoms with Crippen LogP contribution in [0.25, 0.3) is 55.3 Å². The van der Waals surface area contributed by atoms with Crippen molar-refractivity contribution in [3.63, 3.8) is 0 Å². The van der Waals surface area contributed by atoms with E-state index in [9.17, 15) is 0 Å². The average molecular weight is 922 g/mol. The number of benzene rings is 11. The molecule has 0 bridgehead atoms. The maximum atomic E-state index is 2.51. The number of hydrogen-bond donors (Lipinski definition) is 0. The molecular formula is C71H55N. The van der Waals surface area contributed by atoms with Gasteiger partial charge in [-0.1, -0.05) is 246 Å². The molecule has 11 aromatic carbocycles. The van der Waals surface area contributed by atoms with E-state index in [1.807, 2.05) is 0 Å². The molecule has 0 N–H and O–H groups in total. The number of fused-ring (bicyclic) bond motifs is 7. The quantitative estimate of drug-likeness (QED) is 0.130. The van der Waals surface area contributed by atoms with Crippen molar-refractivity contribution in [2.24, 2.45) is 0 Å². The normalized spacial score (nSPS) is 13.8. The first-order chi connectivity index (χ1) is 35.2. The van der Waals surface area contributed by atoms with Gasteiger partial charge < -0.3 is 4.90 Å². The van der Waals surface area contributed by atoms with Crippen LogP contribution < -0.4 is 4.90 Å². The summed E-state index contributed by atoms with van der Waals surface area (Å²) in [6, 6.07) is 97.4. The van der Waals surface area contributed by atoms with Gasteiger partial charge in [0.2, 0.25) is 0 Å². The molecule has 0 saturated heterocycles. The van der Waals surface area contributed by atoms with Crippen molar-refractivity contribution < 1.29 is 0 Å². The second-order valence-electron chi connectivity index (χ2n) is 20.8. The van der Waals surface area contributed by atoms with E-state index < -0.39 is 5.41 Å². The second kappa shape index (κ2) is 16.8. The summed E-state index contributed by atoms with van der Waals surface area (Å²) in [4.78, 5) is 2.51. The van der Waals surface area contributed by atoms with Gasteiger partial charge in [0.25, 0.3) is 0 Å². The van der Waals surface area contributed by atoms with E-state index in [4.69, 9.17) is 0 Å². The lowest BCUT2D eigenvalue weighted by Crippen LogP contribution is -2.31. The largest absolute Gasteiger partial charge is 0.310 e. The van der Waals surface area contributed by atoms with Crippen molar-refractivity contribution in [3.8, 4) is 44.5 Å². The minimum Gasteiger partial charge on any atom is -0.310 e. The molecule has 2 aliphatic rings. The molecule has 0 amide bonds. The van der Waals surface area contributed by atoms with E-state index in [0.717, 1.165) is 17.1 Å². The van der Waals surface area contributed by atoms with E-state index in [1.54, 1.807) is 0 Å². The van der Waals surface area contributed by atoms with Gasteiger partial charge in [0.15, 0.2) is 0 Å². The Morgan fingerprint density at radius 2 is 0.792 bits per heavy atom. The summed E-state index contributed by atoms with van der Waals surface area (Å²) in [5.41, 5.74) is 23.0. The average Bonchev–Trinajstić information content (AvgIpc) is 3.81. The number of rotatable bonds is 9. The van der Waals surface area contributed by atoms with Gasteiger partial charge in [0.1, 0.15) is 0 Å². The van der Waals surface area contributed by atoms with Crippen LogP contribution in [-0.2, 0) is 16.2 Å². The lowest BCUT2D eigenvalue weighted by Gasteiger charge is -2.37. The zero-order valence-corrected chi connectivity index (χ0v) is 41.3. The standard InChI is InChI=1S/C71H55N/c1-69(2)64-34-19-17-32-60(64)62-47-57(41-43-65(62)69)72(56-39-37-55(38-40-56)71(52-24-8-5-9-25-52,53-26-10-6-11-27-53)54-28-12-7-13-29-54)67-44-36-48-21-14-15-30-58(48)68(67)51-23-20-22-49(45-51)50-35-42-61-59-31-16-18-33-63(59)70(3,4)66(61)46-50/h5-47H,1-4H3. The first-order valence-corrected chi connectivity index (χ1v) is 25.4. The molecule has 344 valence electrons. The van der Waals surface area contributed by atoms with Crippen LogP contribution in [0.1, 0.15) is 72.2 Å². The fourth-order valence-corrected chi connectivity index (χ4v) is 12.7. The third-order valence-corrected chi connectivity index (χ3v) is 16.2. The minimum atomic E-state index is -0.569. The summed E-state index contributed by atoms with van der Waals surface area (Å²) < 4.78 is 0. The van der Waals surface area contributed by atoms with Crippen molar-refractivity contribution >= 4 is 27.8 Å². The molecule has 1 heteroatoms. The van der Waals surface area contributed by atoms with Gasteiger partial charge in [0, 0.05) is 27.8 Å². The lowest BCUT2D eigenvalue weighted by molar-refractivity contribution is 0.660. The zero-order chi connectivity index (χ0) is 48.6. The molecule has 13 rings (SSSR count). The predicted molar refractivity (Wildman–Crippen MR) is 303 cm³/mol. The van der Waals surface area contributed by atoms with E-state index in [1.165, 1.54) is 99.8 Å². The smallest absolute Gasteiger partial charge is 0.0701 e. The third kappa shape index (κ3) is 6.68. The van der Waals surface area contributed by atoms with Crippen LogP contribution >= 0.6 is 0 Å². The van der Waals surface area contributed by atoms with Crippen LogP contribution in [0.5, 0.6) is 0 Å². The Kier molecular flexibility index (Phi) is 10.2. The van der Waals surface area contributed by atoms with E-state index >= 15 is 0 Å². The Hall–Kier alpha value is -8.52. The van der Waals surface area contributed by atoms with Crippen LogP contribution in [0.4, 0.5) is 17.1 Å². The van der Waals surface area contributed by atoms with Gasteiger partial charge in [-0.15, -0.1) is 0 Å². The second-order valence-corrected chi connectivity index (χ2v) is 20.8. The molecule has 0 spiro atoms. The van der Waals surface area contributed by atoms with Crippen molar-refractivity contribution in [2.45, 2.75) is 43.9 Å². The highest BCUT2D eigenvalue weighted by atomic mass is 15.1. The van der Waals surface area contributed by atoms with Gasteiger partial charge in [-0.05, 0) is 137 Å². The van der Waals surface area contributed by atoms with Gasteiger partial charge in [-0.25, -0.2) is 0 Å². The van der Waals surface area contributed by atoms with Crippen molar-refractivity contribution in [2.75, 3.05) is 4.90 Å². The maximum Gasteiger partial charge on any atom is 0.0701 e. The third-order valence-electron chi connectivity index (χ3n) is 16.2. The Bertz CT molecular complexity index is 3750. The SMILES string of the molecule is CC1(C)c2ccccc2-c2cc(N(c3ccc(C(c4ccccc4)(c4ccccc4)c4ccccc4)cc3)c3ccc4ccccc4c3-c3cccc(-c4ccc5c(c4)C(C)(C)c4ccccc4-5)c3)ccc21. The van der Waals surface area contributed by atoms with Gasteiger partial charge >= 0.3 is 0 Å². The molecule has 1 nitrogen and oxygen atoms in total. The number of nitrogens with zero attached hydrogens (tertiary/aromatic N) is 1. The summed E-state index contributed by atoms with van der Waals surface area (Å²) in [6.45, 7) is 9.46. The van der Waals surface area contributed by atoms with Gasteiger partial charge in [0.05, 0.1) is 11.1 Å². The molecule has 0 aliphatic heterocycles. The zero-order valence-electron chi connectivity index (χ0n) is 41.3. The Balaban J connectivity index is 1.03. The molecular weight excluding hydrogens is 867 g/mol. The van der Waals surface area contributed by atoms with Crippen molar-refractivity contribution in [1.82, 2.24) is 0 Å². The van der Waals surface area contributed by atoms with Crippen LogP contribution in [0, 0.1) is 0 Å². The van der Waals surface area contributed by atoms with Crippen LogP contribution in [-0.4, -0.2) is 0 Å². The van der Waals surface area contributed by atoms with Crippen molar-refractivity contribution in [1.29, 1.82) is 0 Å². The lowest BCUT2D eigenvalue weighted by atomic mass is 9.65. The molecule has 0 atom stereocenters. The van der Waals surface area contributed by atoms with Crippen molar-refractivity contribution in [3.05, 3.63) is 305 Å². The topological polar surface area (TPSA) is 3.24 Å². The highest BCUT2D eigenvalue weighted by molar-refractivity contribution is 6.06. The van der Waals surface area contributed by atoms with Crippen LogP contribution in [0.15, 0.2) is 261 Å². The van der Waals surface area contributed by atoms with Crippen LogP contribution in [0.2, 0.25) is 0 Å². The molecule has 11 aromatic rings. The molecule has 0 unspecified atom stereocenters. The summed E-state index contributed by atoms with van der Waals surface area (Å²) in [5, 5.41) is 2.42. The first kappa shape index (κ1) is 43.5. The Morgan fingerprint density at radius 3 is 1.44 bits per heavy atom. The maximum absolute atomic E-state index is 2.51. The molecule has 0 fully saturated rings. The highest BCUT2D eigenvalue weighted by Gasteiger charge is 2.40. The monoisotopic (exact) mass is 921 g/mol. The Morgan fingerprint density at radius 1 is 0.306 bits per heavy atom. The first-order valence-electron chi connectivity index (χ1n) is 25.4. The van der Waals surface area contributed by atoms with E-state index in [0.29, 0.717) is 0 Å². The summed E-state index contributed by atoms with van der Waals surface area (Å²) in [7, 11) is 0. The number of hydrogen-bond acceptors (Lipinski definition) is 1.